The maximum atomic E-state index is 13.3. The molecule has 0 radical (unpaired) electrons. The van der Waals surface area contributed by atoms with Crippen LogP contribution >= 0.6 is 11.3 Å². The molecule has 0 atom stereocenters. The van der Waals surface area contributed by atoms with Crippen LogP contribution in [0.25, 0.3) is 10.2 Å². The normalized spacial score (nSPS) is 10.8. The van der Waals surface area contributed by atoms with Crippen LogP contribution in [0.1, 0.15) is 20.8 Å². The first-order valence-corrected chi connectivity index (χ1v) is 10.3. The minimum absolute atomic E-state index is 0.169. The number of fused-ring (bicyclic) bond motifs is 1. The molecular formula is C22H19FN4O3S. The van der Waals surface area contributed by atoms with E-state index in [1.54, 1.807) is 31.4 Å². The van der Waals surface area contributed by atoms with Crippen LogP contribution in [-0.2, 0) is 17.8 Å². The summed E-state index contributed by atoms with van der Waals surface area (Å²) in [5, 5.41) is 13.2. The van der Waals surface area contributed by atoms with Gasteiger partial charge < -0.3 is 15.4 Å². The van der Waals surface area contributed by atoms with Crippen molar-refractivity contribution in [2.45, 2.75) is 13.0 Å². The molecule has 0 aliphatic rings. The molecule has 7 nitrogen and oxygen atoms in total. The maximum Gasteiger partial charge on any atom is 0.261 e. The molecule has 31 heavy (non-hydrogen) atoms. The highest BCUT2D eigenvalue weighted by Crippen LogP contribution is 2.29. The van der Waals surface area contributed by atoms with E-state index in [1.807, 2.05) is 18.2 Å². The zero-order chi connectivity index (χ0) is 21.8. The van der Waals surface area contributed by atoms with Crippen molar-refractivity contribution in [3.63, 3.8) is 0 Å². The first kappa shape index (κ1) is 20.5. The number of benzene rings is 2. The van der Waals surface area contributed by atoms with Gasteiger partial charge in [-0.25, -0.2) is 4.39 Å². The highest BCUT2D eigenvalue weighted by atomic mass is 32.1. The molecule has 2 amide bonds. The number of hydrogen-bond donors (Lipinski definition) is 3. The summed E-state index contributed by atoms with van der Waals surface area (Å²) in [4.78, 5) is 26.0. The Balaban J connectivity index is 1.42. The van der Waals surface area contributed by atoms with Crippen molar-refractivity contribution in [1.29, 1.82) is 0 Å². The standard InChI is InChI=1S/C22H19FN4O3S/c1-30-16-7-3-4-13(9-16)10-19(28)25-20-17-11-18(31-22(17)27-26-20)21(29)24-12-14-5-2-6-15(23)8-14/h2-9,11H,10,12H2,1H3,(H,24,29)(H2,25,26,27,28). The number of methoxy groups -OCH3 is 1. The SMILES string of the molecule is COc1cccc(CC(=O)Nc2[nH]nc3sc(C(=O)NCc4cccc(F)c4)cc23)c1. The van der Waals surface area contributed by atoms with Crippen molar-refractivity contribution in [3.8, 4) is 5.75 Å². The first-order valence-electron chi connectivity index (χ1n) is 9.45. The van der Waals surface area contributed by atoms with Gasteiger partial charge in [0.1, 0.15) is 22.2 Å². The molecule has 2 aromatic heterocycles. The fourth-order valence-electron chi connectivity index (χ4n) is 3.09. The average molecular weight is 438 g/mol. The van der Waals surface area contributed by atoms with Gasteiger partial charge in [0.05, 0.1) is 23.8 Å². The summed E-state index contributed by atoms with van der Waals surface area (Å²) in [6, 6.07) is 15.0. The second-order valence-electron chi connectivity index (χ2n) is 6.82. The molecule has 4 rings (SSSR count). The minimum atomic E-state index is -0.351. The van der Waals surface area contributed by atoms with E-state index in [0.29, 0.717) is 32.2 Å². The average Bonchev–Trinajstić information content (AvgIpc) is 3.34. The molecule has 0 saturated heterocycles. The zero-order valence-corrected chi connectivity index (χ0v) is 17.4. The van der Waals surface area contributed by atoms with Gasteiger partial charge in [-0.05, 0) is 41.5 Å². The van der Waals surface area contributed by atoms with E-state index in [1.165, 1.54) is 23.5 Å². The Labute approximate surface area is 181 Å². The molecule has 2 aromatic carbocycles. The molecule has 3 N–H and O–H groups in total. The van der Waals surface area contributed by atoms with E-state index < -0.39 is 0 Å². The van der Waals surface area contributed by atoms with Crippen LogP contribution in [0.4, 0.5) is 10.2 Å². The number of H-pyrrole nitrogens is 1. The number of rotatable bonds is 7. The molecule has 0 saturated carbocycles. The summed E-state index contributed by atoms with van der Waals surface area (Å²) >= 11 is 1.20. The number of hydrogen-bond acceptors (Lipinski definition) is 5. The van der Waals surface area contributed by atoms with Crippen LogP contribution in [0.5, 0.6) is 5.75 Å². The molecule has 4 aromatic rings. The van der Waals surface area contributed by atoms with Crippen molar-refractivity contribution >= 4 is 39.2 Å². The maximum absolute atomic E-state index is 13.3. The number of ether oxygens (including phenoxy) is 1. The van der Waals surface area contributed by atoms with Crippen molar-refractivity contribution in [2.75, 3.05) is 12.4 Å². The topological polar surface area (TPSA) is 96.1 Å². The van der Waals surface area contributed by atoms with Gasteiger partial charge >= 0.3 is 0 Å². The van der Waals surface area contributed by atoms with Crippen LogP contribution < -0.4 is 15.4 Å². The van der Waals surface area contributed by atoms with Gasteiger partial charge in [0.2, 0.25) is 5.91 Å². The lowest BCUT2D eigenvalue weighted by atomic mass is 10.1. The number of amides is 2. The van der Waals surface area contributed by atoms with Gasteiger partial charge in [-0.3, -0.25) is 14.7 Å². The lowest BCUT2D eigenvalue weighted by molar-refractivity contribution is -0.115. The summed E-state index contributed by atoms with van der Waals surface area (Å²) in [7, 11) is 1.57. The Hall–Kier alpha value is -3.72. The van der Waals surface area contributed by atoms with Gasteiger partial charge in [0, 0.05) is 6.54 Å². The van der Waals surface area contributed by atoms with E-state index in [9.17, 15) is 14.0 Å². The second kappa shape index (κ2) is 8.97. The van der Waals surface area contributed by atoms with Crippen molar-refractivity contribution < 1.29 is 18.7 Å². The highest BCUT2D eigenvalue weighted by Gasteiger charge is 2.16. The van der Waals surface area contributed by atoms with Gasteiger partial charge in [-0.15, -0.1) is 11.3 Å². The summed E-state index contributed by atoms with van der Waals surface area (Å²) in [5.41, 5.74) is 1.48. The predicted octanol–water partition coefficient (Wildman–Crippen LogP) is 3.88. The number of anilines is 1. The lowest BCUT2D eigenvalue weighted by Gasteiger charge is -2.05. The molecule has 2 heterocycles. The van der Waals surface area contributed by atoms with Gasteiger partial charge in [-0.1, -0.05) is 24.3 Å². The van der Waals surface area contributed by atoms with E-state index in [-0.39, 0.29) is 30.6 Å². The molecule has 0 aliphatic heterocycles. The number of nitrogens with one attached hydrogen (secondary N) is 3. The molecule has 0 bridgehead atoms. The number of aromatic nitrogens is 2. The smallest absolute Gasteiger partial charge is 0.261 e. The number of carbonyl (C=O) groups excluding carboxylic acids is 2. The lowest BCUT2D eigenvalue weighted by Crippen LogP contribution is -2.21. The van der Waals surface area contributed by atoms with E-state index >= 15 is 0 Å². The Morgan fingerprint density at radius 2 is 1.94 bits per heavy atom. The molecule has 0 spiro atoms. The van der Waals surface area contributed by atoms with E-state index in [0.717, 1.165) is 5.56 Å². The third-order valence-electron chi connectivity index (χ3n) is 4.58. The van der Waals surface area contributed by atoms with Gasteiger partial charge in [-0.2, -0.15) is 5.10 Å². The Morgan fingerprint density at radius 3 is 2.74 bits per heavy atom. The van der Waals surface area contributed by atoms with Crippen LogP contribution in [0.2, 0.25) is 0 Å². The molecule has 0 fully saturated rings. The number of thiophene rings is 1. The Morgan fingerprint density at radius 1 is 1.13 bits per heavy atom. The quantitative estimate of drug-likeness (QED) is 0.408. The van der Waals surface area contributed by atoms with E-state index in [4.69, 9.17) is 4.74 Å². The first-order chi connectivity index (χ1) is 15.0. The molecular weight excluding hydrogens is 419 g/mol. The third kappa shape index (κ3) is 4.89. The number of halogens is 1. The Bertz CT molecular complexity index is 1250. The highest BCUT2D eigenvalue weighted by molar-refractivity contribution is 7.20. The monoisotopic (exact) mass is 438 g/mol. The second-order valence-corrected chi connectivity index (χ2v) is 7.85. The fourth-order valence-corrected chi connectivity index (χ4v) is 4.00. The van der Waals surface area contributed by atoms with Crippen molar-refractivity contribution in [1.82, 2.24) is 15.5 Å². The van der Waals surface area contributed by atoms with Gasteiger partial charge in [0.25, 0.3) is 5.91 Å². The summed E-state index contributed by atoms with van der Waals surface area (Å²) in [5.74, 6) is 0.253. The Kier molecular flexibility index (Phi) is 5.94. The zero-order valence-electron chi connectivity index (χ0n) is 16.6. The van der Waals surface area contributed by atoms with Crippen LogP contribution in [0, 0.1) is 5.82 Å². The number of carbonyl (C=O) groups is 2. The minimum Gasteiger partial charge on any atom is -0.497 e. The third-order valence-corrected chi connectivity index (χ3v) is 5.61. The number of aromatic amines is 1. The number of nitrogens with zero attached hydrogens (tertiary/aromatic N) is 1. The van der Waals surface area contributed by atoms with Crippen molar-refractivity contribution in [2.24, 2.45) is 0 Å². The van der Waals surface area contributed by atoms with Crippen LogP contribution in [0.3, 0.4) is 0 Å². The van der Waals surface area contributed by atoms with Crippen molar-refractivity contribution in [3.05, 3.63) is 76.4 Å². The van der Waals surface area contributed by atoms with E-state index in [2.05, 4.69) is 20.8 Å². The molecule has 9 heteroatoms. The molecule has 0 aliphatic carbocycles. The van der Waals surface area contributed by atoms with Crippen LogP contribution in [-0.4, -0.2) is 29.1 Å². The summed E-state index contributed by atoms with van der Waals surface area (Å²) < 4.78 is 18.4. The largest absolute Gasteiger partial charge is 0.497 e. The summed E-state index contributed by atoms with van der Waals surface area (Å²) in [6.45, 7) is 0.211. The summed E-state index contributed by atoms with van der Waals surface area (Å²) in [6.07, 6.45) is 0.169. The molecule has 158 valence electrons. The van der Waals surface area contributed by atoms with Gasteiger partial charge in [0.15, 0.2) is 0 Å². The van der Waals surface area contributed by atoms with Crippen LogP contribution in [0.15, 0.2) is 54.6 Å². The molecule has 0 unspecified atom stereocenters. The predicted molar refractivity (Wildman–Crippen MR) is 117 cm³/mol. The fraction of sp³-hybridized carbons (Fsp3) is 0.136.